The first-order chi connectivity index (χ1) is 10.1. The van der Waals surface area contributed by atoms with E-state index in [2.05, 4.69) is 43.2 Å². The van der Waals surface area contributed by atoms with E-state index >= 15 is 0 Å². The molecule has 1 heterocycles. The van der Waals surface area contributed by atoms with Crippen molar-refractivity contribution in [3.63, 3.8) is 0 Å². The van der Waals surface area contributed by atoms with Gasteiger partial charge in [-0.1, -0.05) is 40.0 Å². The van der Waals surface area contributed by atoms with Crippen molar-refractivity contribution in [1.82, 2.24) is 15.5 Å². The summed E-state index contributed by atoms with van der Waals surface area (Å²) < 4.78 is 0. The molecule has 0 aromatic rings. The van der Waals surface area contributed by atoms with Gasteiger partial charge in [0.1, 0.15) is 0 Å². The summed E-state index contributed by atoms with van der Waals surface area (Å²) >= 11 is 0. The van der Waals surface area contributed by atoms with Crippen LogP contribution in [0, 0.1) is 5.92 Å². The van der Waals surface area contributed by atoms with Gasteiger partial charge < -0.3 is 10.6 Å². The van der Waals surface area contributed by atoms with Crippen molar-refractivity contribution >= 4 is 5.91 Å². The smallest absolute Gasteiger partial charge is 0.237 e. The van der Waals surface area contributed by atoms with E-state index in [0.717, 1.165) is 39.0 Å². The standard InChI is InChI=1S/C17H35N3O/c1-5-8-9-11-19-17(21)14(4)20-12-10-16(18-7-3)15(6-2)13-20/h14-16,18H,5-13H2,1-4H3,(H,19,21). The minimum Gasteiger partial charge on any atom is -0.355 e. The first-order valence-corrected chi connectivity index (χ1v) is 8.89. The number of hydrogen-bond donors (Lipinski definition) is 2. The molecule has 1 aliphatic heterocycles. The molecule has 0 spiro atoms. The van der Waals surface area contributed by atoms with Crippen LogP contribution in [-0.4, -0.2) is 49.1 Å². The van der Waals surface area contributed by atoms with Crippen LogP contribution in [0.5, 0.6) is 0 Å². The lowest BCUT2D eigenvalue weighted by Crippen LogP contribution is -2.55. The van der Waals surface area contributed by atoms with Crippen LogP contribution in [0.1, 0.15) is 59.8 Å². The summed E-state index contributed by atoms with van der Waals surface area (Å²) in [4.78, 5) is 14.6. The van der Waals surface area contributed by atoms with Crippen LogP contribution in [0.3, 0.4) is 0 Å². The van der Waals surface area contributed by atoms with Gasteiger partial charge in [0, 0.05) is 25.7 Å². The first kappa shape index (κ1) is 18.4. The van der Waals surface area contributed by atoms with E-state index in [1.807, 2.05) is 0 Å². The highest BCUT2D eigenvalue weighted by Crippen LogP contribution is 2.21. The molecule has 4 heteroatoms. The summed E-state index contributed by atoms with van der Waals surface area (Å²) in [5.41, 5.74) is 0. The molecule has 0 aromatic carbocycles. The van der Waals surface area contributed by atoms with E-state index in [9.17, 15) is 4.79 Å². The Hall–Kier alpha value is -0.610. The summed E-state index contributed by atoms with van der Waals surface area (Å²) in [5, 5.41) is 6.68. The van der Waals surface area contributed by atoms with Crippen molar-refractivity contribution in [3.8, 4) is 0 Å². The molecule has 0 radical (unpaired) electrons. The lowest BCUT2D eigenvalue weighted by molar-refractivity contribution is -0.126. The number of carbonyl (C=O) groups excluding carboxylic acids is 1. The average Bonchev–Trinajstić information content (AvgIpc) is 2.51. The van der Waals surface area contributed by atoms with Gasteiger partial charge in [0.15, 0.2) is 0 Å². The second-order valence-corrected chi connectivity index (χ2v) is 6.29. The minimum atomic E-state index is 0.00301. The summed E-state index contributed by atoms with van der Waals surface area (Å²) in [6, 6.07) is 0.624. The van der Waals surface area contributed by atoms with Gasteiger partial charge in [-0.2, -0.15) is 0 Å². The molecule has 3 atom stereocenters. The molecule has 0 aromatic heterocycles. The van der Waals surface area contributed by atoms with E-state index in [0.29, 0.717) is 12.0 Å². The van der Waals surface area contributed by atoms with Crippen molar-refractivity contribution in [2.75, 3.05) is 26.2 Å². The number of rotatable bonds is 9. The number of unbranched alkanes of at least 4 members (excludes halogenated alkanes) is 2. The van der Waals surface area contributed by atoms with Crippen LogP contribution in [0.4, 0.5) is 0 Å². The predicted octanol–water partition coefficient (Wildman–Crippen LogP) is 2.39. The third-order valence-corrected chi connectivity index (χ3v) is 4.76. The van der Waals surface area contributed by atoms with Crippen molar-refractivity contribution < 1.29 is 4.79 Å². The lowest BCUT2D eigenvalue weighted by atomic mass is 9.89. The van der Waals surface area contributed by atoms with Gasteiger partial charge in [-0.25, -0.2) is 0 Å². The van der Waals surface area contributed by atoms with Crippen LogP contribution < -0.4 is 10.6 Å². The zero-order valence-corrected chi connectivity index (χ0v) is 14.5. The van der Waals surface area contributed by atoms with Crippen LogP contribution in [-0.2, 0) is 4.79 Å². The lowest BCUT2D eigenvalue weighted by Gasteiger charge is -2.41. The Kier molecular flexibility index (Phi) is 8.93. The van der Waals surface area contributed by atoms with Crippen LogP contribution >= 0.6 is 0 Å². The van der Waals surface area contributed by atoms with Gasteiger partial charge >= 0.3 is 0 Å². The van der Waals surface area contributed by atoms with Crippen LogP contribution in [0.2, 0.25) is 0 Å². The number of nitrogens with one attached hydrogen (secondary N) is 2. The molecular formula is C17H35N3O. The fraction of sp³-hybridized carbons (Fsp3) is 0.941. The molecule has 0 bridgehead atoms. The molecule has 1 fully saturated rings. The highest BCUT2D eigenvalue weighted by atomic mass is 16.2. The molecule has 1 rings (SSSR count). The van der Waals surface area contributed by atoms with E-state index in [-0.39, 0.29) is 11.9 Å². The second kappa shape index (κ2) is 10.2. The third kappa shape index (κ3) is 5.95. The Labute approximate surface area is 131 Å². The van der Waals surface area contributed by atoms with E-state index in [1.54, 1.807) is 0 Å². The third-order valence-electron chi connectivity index (χ3n) is 4.76. The summed E-state index contributed by atoms with van der Waals surface area (Å²) in [5.74, 6) is 0.858. The Bertz CT molecular complexity index is 296. The Balaban J connectivity index is 2.40. The SMILES string of the molecule is CCCCCNC(=O)C(C)N1CCC(NCC)C(CC)C1. The summed E-state index contributed by atoms with van der Waals surface area (Å²) in [6.07, 6.45) is 5.82. The molecule has 2 N–H and O–H groups in total. The number of piperidine rings is 1. The fourth-order valence-corrected chi connectivity index (χ4v) is 3.26. The van der Waals surface area contributed by atoms with Crippen molar-refractivity contribution in [2.24, 2.45) is 5.92 Å². The number of amides is 1. The Morgan fingerprint density at radius 3 is 2.67 bits per heavy atom. The molecule has 1 saturated heterocycles. The van der Waals surface area contributed by atoms with E-state index in [1.165, 1.54) is 19.3 Å². The topological polar surface area (TPSA) is 44.4 Å². The van der Waals surface area contributed by atoms with E-state index < -0.39 is 0 Å². The normalized spacial score (nSPS) is 24.8. The Morgan fingerprint density at radius 2 is 2.05 bits per heavy atom. The molecular weight excluding hydrogens is 262 g/mol. The molecule has 0 aliphatic carbocycles. The largest absolute Gasteiger partial charge is 0.355 e. The number of nitrogens with zero attached hydrogens (tertiary/aromatic N) is 1. The second-order valence-electron chi connectivity index (χ2n) is 6.29. The summed E-state index contributed by atoms with van der Waals surface area (Å²) in [6.45, 7) is 12.6. The Morgan fingerprint density at radius 1 is 1.29 bits per heavy atom. The minimum absolute atomic E-state index is 0.00301. The zero-order chi connectivity index (χ0) is 15.7. The van der Waals surface area contributed by atoms with Crippen molar-refractivity contribution in [2.45, 2.75) is 71.9 Å². The molecule has 1 amide bonds. The number of carbonyl (C=O) groups is 1. The maximum absolute atomic E-state index is 12.2. The molecule has 3 unspecified atom stereocenters. The molecule has 124 valence electrons. The van der Waals surface area contributed by atoms with Crippen LogP contribution in [0.25, 0.3) is 0 Å². The summed E-state index contributed by atoms with van der Waals surface area (Å²) in [7, 11) is 0. The fourth-order valence-electron chi connectivity index (χ4n) is 3.26. The molecule has 4 nitrogen and oxygen atoms in total. The maximum Gasteiger partial charge on any atom is 0.237 e. The van der Waals surface area contributed by atoms with Gasteiger partial charge in [-0.05, 0) is 32.2 Å². The molecule has 0 saturated carbocycles. The monoisotopic (exact) mass is 297 g/mol. The van der Waals surface area contributed by atoms with Gasteiger partial charge in [0.05, 0.1) is 6.04 Å². The highest BCUT2D eigenvalue weighted by Gasteiger charge is 2.31. The first-order valence-electron chi connectivity index (χ1n) is 8.89. The number of likely N-dealkylation sites (tertiary alicyclic amines) is 1. The predicted molar refractivity (Wildman–Crippen MR) is 89.4 cm³/mol. The van der Waals surface area contributed by atoms with Crippen molar-refractivity contribution in [3.05, 3.63) is 0 Å². The van der Waals surface area contributed by atoms with Crippen molar-refractivity contribution in [1.29, 1.82) is 0 Å². The number of hydrogen-bond acceptors (Lipinski definition) is 3. The van der Waals surface area contributed by atoms with Gasteiger partial charge in [-0.15, -0.1) is 0 Å². The highest BCUT2D eigenvalue weighted by molar-refractivity contribution is 5.81. The van der Waals surface area contributed by atoms with E-state index in [4.69, 9.17) is 0 Å². The molecule has 21 heavy (non-hydrogen) atoms. The van der Waals surface area contributed by atoms with Crippen LogP contribution in [0.15, 0.2) is 0 Å². The van der Waals surface area contributed by atoms with Gasteiger partial charge in [0.2, 0.25) is 5.91 Å². The van der Waals surface area contributed by atoms with Gasteiger partial charge in [-0.3, -0.25) is 9.69 Å². The quantitative estimate of drug-likeness (QED) is 0.642. The maximum atomic E-state index is 12.2. The molecule has 1 aliphatic rings. The average molecular weight is 297 g/mol. The van der Waals surface area contributed by atoms with Gasteiger partial charge in [0.25, 0.3) is 0 Å². The zero-order valence-electron chi connectivity index (χ0n) is 14.5.